The van der Waals surface area contributed by atoms with Crippen LogP contribution in [0.5, 0.6) is 0 Å². The molecular formula is C19H28N4O. The number of carbonyl (C=O) groups excluding carboxylic acids is 1. The van der Waals surface area contributed by atoms with Gasteiger partial charge in [0.15, 0.2) is 0 Å². The molecule has 1 aromatic carbocycles. The molecule has 0 aliphatic carbocycles. The SMILES string of the molecule is O=C(NC1CCN(CCc2ccccc2)C1)N1CCN2CC[C@H]1C2. The number of benzene rings is 1. The van der Waals surface area contributed by atoms with Crippen molar-refractivity contribution < 1.29 is 4.79 Å². The Morgan fingerprint density at radius 1 is 1.04 bits per heavy atom. The van der Waals surface area contributed by atoms with Gasteiger partial charge in [-0.05, 0) is 24.8 Å². The Kier molecular flexibility index (Phi) is 4.72. The Labute approximate surface area is 144 Å². The van der Waals surface area contributed by atoms with E-state index in [1.165, 1.54) is 5.56 Å². The number of urea groups is 1. The highest BCUT2D eigenvalue weighted by molar-refractivity contribution is 5.75. The third kappa shape index (κ3) is 3.57. The fraction of sp³-hybridized carbons (Fsp3) is 0.632. The number of hydrogen-bond acceptors (Lipinski definition) is 3. The van der Waals surface area contributed by atoms with Gasteiger partial charge in [-0.25, -0.2) is 4.79 Å². The molecule has 0 saturated carbocycles. The van der Waals surface area contributed by atoms with Crippen molar-refractivity contribution in [1.82, 2.24) is 20.0 Å². The summed E-state index contributed by atoms with van der Waals surface area (Å²) in [5.41, 5.74) is 1.39. The second kappa shape index (κ2) is 7.11. The van der Waals surface area contributed by atoms with Gasteiger partial charge in [0.05, 0.1) is 0 Å². The molecule has 2 bridgehead atoms. The van der Waals surface area contributed by atoms with E-state index in [0.717, 1.165) is 65.1 Å². The molecule has 0 spiro atoms. The van der Waals surface area contributed by atoms with Crippen molar-refractivity contribution in [2.75, 3.05) is 45.8 Å². The number of piperazine rings is 1. The van der Waals surface area contributed by atoms with Crippen LogP contribution in [0, 0.1) is 0 Å². The van der Waals surface area contributed by atoms with E-state index in [1.54, 1.807) is 0 Å². The van der Waals surface area contributed by atoms with Gasteiger partial charge in [-0.2, -0.15) is 0 Å². The molecule has 1 N–H and O–H groups in total. The average Bonchev–Trinajstić information content (AvgIpc) is 3.21. The highest BCUT2D eigenvalue weighted by atomic mass is 16.2. The number of nitrogens with one attached hydrogen (secondary N) is 1. The first-order valence-corrected chi connectivity index (χ1v) is 9.34. The van der Waals surface area contributed by atoms with E-state index in [9.17, 15) is 4.79 Å². The van der Waals surface area contributed by atoms with Gasteiger partial charge in [0.2, 0.25) is 0 Å². The van der Waals surface area contributed by atoms with Gasteiger partial charge in [0.25, 0.3) is 0 Å². The number of fused-ring (bicyclic) bond motifs is 2. The lowest BCUT2D eigenvalue weighted by Gasteiger charge is -2.35. The summed E-state index contributed by atoms with van der Waals surface area (Å²) < 4.78 is 0. The van der Waals surface area contributed by atoms with Gasteiger partial charge in [0.1, 0.15) is 0 Å². The molecule has 4 rings (SSSR count). The maximum absolute atomic E-state index is 12.6. The lowest BCUT2D eigenvalue weighted by atomic mass is 10.1. The van der Waals surface area contributed by atoms with Crippen molar-refractivity contribution in [2.24, 2.45) is 0 Å². The van der Waals surface area contributed by atoms with E-state index in [0.29, 0.717) is 12.1 Å². The lowest BCUT2D eigenvalue weighted by molar-refractivity contribution is 0.140. The highest BCUT2D eigenvalue weighted by Gasteiger charge is 2.36. The molecule has 0 radical (unpaired) electrons. The average molecular weight is 328 g/mol. The van der Waals surface area contributed by atoms with Gasteiger partial charge in [-0.15, -0.1) is 0 Å². The smallest absolute Gasteiger partial charge is 0.318 e. The van der Waals surface area contributed by atoms with E-state index >= 15 is 0 Å². The summed E-state index contributed by atoms with van der Waals surface area (Å²) in [6, 6.07) is 11.6. The van der Waals surface area contributed by atoms with Crippen LogP contribution in [-0.4, -0.2) is 78.6 Å². The zero-order chi connectivity index (χ0) is 16.4. The molecule has 0 aromatic heterocycles. The second-order valence-corrected chi connectivity index (χ2v) is 7.41. The predicted octanol–water partition coefficient (Wildman–Crippen LogP) is 1.40. The van der Waals surface area contributed by atoms with Crippen molar-refractivity contribution in [3.8, 4) is 0 Å². The summed E-state index contributed by atoms with van der Waals surface area (Å²) in [4.78, 5) is 19.6. The Bertz CT molecular complexity index is 564. The van der Waals surface area contributed by atoms with Gasteiger partial charge in [-0.3, -0.25) is 4.90 Å². The standard InChI is InChI=1S/C19H28N4O/c24-19(23-13-12-22-11-8-18(23)15-22)20-17-7-10-21(14-17)9-6-16-4-2-1-3-5-16/h1-5,17-18H,6-15H2,(H,20,24)/t17?,18-/m0/s1. The summed E-state index contributed by atoms with van der Waals surface area (Å²) in [6.45, 7) is 7.32. The monoisotopic (exact) mass is 328 g/mol. The third-order valence-corrected chi connectivity index (χ3v) is 5.77. The maximum Gasteiger partial charge on any atom is 0.318 e. The van der Waals surface area contributed by atoms with E-state index < -0.39 is 0 Å². The molecule has 1 aromatic rings. The quantitative estimate of drug-likeness (QED) is 0.908. The van der Waals surface area contributed by atoms with E-state index in [-0.39, 0.29) is 6.03 Å². The molecule has 3 saturated heterocycles. The van der Waals surface area contributed by atoms with Crippen LogP contribution in [0.2, 0.25) is 0 Å². The molecule has 3 fully saturated rings. The zero-order valence-electron chi connectivity index (χ0n) is 14.4. The molecule has 3 atom stereocenters. The number of hydrogen-bond donors (Lipinski definition) is 1. The molecule has 5 heteroatoms. The molecule has 24 heavy (non-hydrogen) atoms. The normalized spacial score (nSPS) is 29.8. The minimum Gasteiger partial charge on any atom is -0.334 e. The fourth-order valence-electron chi connectivity index (χ4n) is 4.31. The first kappa shape index (κ1) is 15.9. The molecule has 3 aliphatic rings. The van der Waals surface area contributed by atoms with E-state index in [2.05, 4.69) is 50.3 Å². The number of nitrogens with zero attached hydrogens (tertiary/aromatic N) is 3. The van der Waals surface area contributed by atoms with Crippen molar-refractivity contribution >= 4 is 6.03 Å². The molecule has 2 unspecified atom stereocenters. The summed E-state index contributed by atoms with van der Waals surface area (Å²) in [7, 11) is 0. The fourth-order valence-corrected chi connectivity index (χ4v) is 4.31. The van der Waals surface area contributed by atoms with E-state index in [1.807, 2.05) is 0 Å². The Morgan fingerprint density at radius 3 is 2.79 bits per heavy atom. The Morgan fingerprint density at radius 2 is 1.92 bits per heavy atom. The summed E-state index contributed by atoms with van der Waals surface area (Å²) >= 11 is 0. The van der Waals surface area contributed by atoms with Gasteiger partial charge < -0.3 is 15.1 Å². The van der Waals surface area contributed by atoms with Crippen molar-refractivity contribution in [2.45, 2.75) is 31.3 Å². The predicted molar refractivity (Wildman–Crippen MR) is 95.1 cm³/mol. The van der Waals surface area contributed by atoms with E-state index in [4.69, 9.17) is 0 Å². The number of amides is 2. The van der Waals surface area contributed by atoms with Gasteiger partial charge >= 0.3 is 6.03 Å². The number of likely N-dealkylation sites (tertiary alicyclic amines) is 1. The largest absolute Gasteiger partial charge is 0.334 e. The second-order valence-electron chi connectivity index (χ2n) is 7.41. The highest BCUT2D eigenvalue weighted by Crippen LogP contribution is 2.21. The summed E-state index contributed by atoms with van der Waals surface area (Å²) in [5.74, 6) is 0. The van der Waals surface area contributed by atoms with Crippen molar-refractivity contribution in [1.29, 1.82) is 0 Å². The van der Waals surface area contributed by atoms with Crippen LogP contribution in [-0.2, 0) is 6.42 Å². The molecule has 5 nitrogen and oxygen atoms in total. The van der Waals surface area contributed by atoms with Crippen LogP contribution in [0.25, 0.3) is 0 Å². The van der Waals surface area contributed by atoms with Crippen LogP contribution in [0.4, 0.5) is 4.79 Å². The van der Waals surface area contributed by atoms with Crippen molar-refractivity contribution in [3.63, 3.8) is 0 Å². The van der Waals surface area contributed by atoms with Crippen LogP contribution >= 0.6 is 0 Å². The zero-order valence-corrected chi connectivity index (χ0v) is 14.4. The Balaban J connectivity index is 1.22. The summed E-state index contributed by atoms with van der Waals surface area (Å²) in [6.07, 6.45) is 3.30. The number of rotatable bonds is 4. The van der Waals surface area contributed by atoms with Crippen LogP contribution in [0.3, 0.4) is 0 Å². The minimum absolute atomic E-state index is 0.163. The summed E-state index contributed by atoms with van der Waals surface area (Å²) in [5, 5.41) is 3.29. The first-order chi connectivity index (χ1) is 11.8. The molecule has 2 amide bonds. The molecular weight excluding hydrogens is 300 g/mol. The Hall–Kier alpha value is -1.59. The van der Waals surface area contributed by atoms with Crippen LogP contribution < -0.4 is 5.32 Å². The van der Waals surface area contributed by atoms with Gasteiger partial charge in [-0.1, -0.05) is 30.3 Å². The topological polar surface area (TPSA) is 38.8 Å². The lowest BCUT2D eigenvalue weighted by Crippen LogP contribution is -2.55. The van der Waals surface area contributed by atoms with Crippen molar-refractivity contribution in [3.05, 3.63) is 35.9 Å². The number of carbonyl (C=O) groups is 1. The molecule has 3 heterocycles. The maximum atomic E-state index is 12.6. The molecule has 3 aliphatic heterocycles. The van der Waals surface area contributed by atoms with Crippen LogP contribution in [0.1, 0.15) is 18.4 Å². The van der Waals surface area contributed by atoms with Crippen LogP contribution in [0.15, 0.2) is 30.3 Å². The molecule has 130 valence electrons. The first-order valence-electron chi connectivity index (χ1n) is 9.34. The third-order valence-electron chi connectivity index (χ3n) is 5.77. The van der Waals surface area contributed by atoms with Gasteiger partial charge in [0, 0.05) is 57.9 Å². The minimum atomic E-state index is 0.163.